The van der Waals surface area contributed by atoms with E-state index >= 15 is 0 Å². The molecule has 7 heteroatoms. The van der Waals surface area contributed by atoms with E-state index in [4.69, 9.17) is 0 Å². The fourth-order valence-electron chi connectivity index (χ4n) is 1.08. The van der Waals surface area contributed by atoms with Gasteiger partial charge in [0.2, 0.25) is 0 Å². The highest BCUT2D eigenvalue weighted by atomic mass is 79.9. The Balaban J connectivity index is 2.93. The van der Waals surface area contributed by atoms with E-state index in [2.05, 4.69) is 112 Å². The highest BCUT2D eigenvalue weighted by Crippen LogP contribution is 2.53. The maximum absolute atomic E-state index is 3.67. The summed E-state index contributed by atoms with van der Waals surface area (Å²) in [4.78, 5) is 1.67. The van der Waals surface area contributed by atoms with Crippen LogP contribution in [0.1, 0.15) is 0 Å². The summed E-state index contributed by atoms with van der Waals surface area (Å²) in [7, 11) is 0. The molecule has 0 aliphatic heterocycles. The van der Waals surface area contributed by atoms with Gasteiger partial charge in [0.15, 0.2) is 0 Å². The second-order valence-electron chi connectivity index (χ2n) is 2.81. The average Bonchev–Trinajstić information content (AvgIpc) is 2.09. The summed E-state index contributed by atoms with van der Waals surface area (Å²) in [6.07, 6.45) is 0. The van der Waals surface area contributed by atoms with E-state index in [-0.39, 0.29) is 3.23 Å². The highest BCUT2D eigenvalue weighted by molar-refractivity contribution is 9.27. The lowest BCUT2D eigenvalue weighted by Gasteiger charge is -2.45. The number of rotatable bonds is 0. The minimum Gasteiger partial charge on any atom is -0.0865 e. The van der Waals surface area contributed by atoms with E-state index < -0.39 is 0 Å². The van der Waals surface area contributed by atoms with Crippen LogP contribution in [0.4, 0.5) is 0 Å². The molecule has 0 saturated heterocycles. The van der Waals surface area contributed by atoms with Gasteiger partial charge in [0.25, 0.3) is 0 Å². The number of alkyl halides is 7. The first-order chi connectivity index (χ1) is 5.80. The third-order valence-electron chi connectivity index (χ3n) is 1.90. The molecule has 1 aliphatic rings. The van der Waals surface area contributed by atoms with Crippen LogP contribution in [0, 0.1) is 0 Å². The molecule has 0 aromatic carbocycles. The lowest BCUT2D eigenvalue weighted by Crippen LogP contribution is -2.55. The molecule has 0 spiro atoms. The van der Waals surface area contributed by atoms with E-state index in [9.17, 15) is 0 Å². The smallest absolute Gasteiger partial charge is 0.0865 e. The van der Waals surface area contributed by atoms with Crippen LogP contribution in [0.2, 0.25) is 0 Å². The number of hydrogen-bond donors (Lipinski definition) is 0. The van der Waals surface area contributed by atoms with Gasteiger partial charge in [0.1, 0.15) is 3.23 Å². The summed E-state index contributed by atoms with van der Waals surface area (Å²) in [6.45, 7) is 0. The van der Waals surface area contributed by atoms with Crippen LogP contribution in [-0.2, 0) is 0 Å². The van der Waals surface area contributed by atoms with Crippen LogP contribution < -0.4 is 0 Å². The molecule has 0 aromatic rings. The quantitative estimate of drug-likeness (QED) is 0.317. The molecule has 0 aromatic heterocycles. The third kappa shape index (κ3) is 2.79. The van der Waals surface area contributed by atoms with Gasteiger partial charge in [0, 0.05) is 14.5 Å². The van der Waals surface area contributed by atoms with Crippen LogP contribution in [0.25, 0.3) is 0 Å². The van der Waals surface area contributed by atoms with Crippen LogP contribution >= 0.6 is 112 Å². The van der Waals surface area contributed by atoms with Gasteiger partial charge in [0.05, 0.1) is 9.65 Å². The Labute approximate surface area is 137 Å². The average molecular weight is 636 g/mol. The van der Waals surface area contributed by atoms with Crippen molar-refractivity contribution in [3.63, 3.8) is 0 Å². The molecule has 13 heavy (non-hydrogen) atoms. The first-order valence-electron chi connectivity index (χ1n) is 3.38. The van der Waals surface area contributed by atoms with Crippen molar-refractivity contribution in [2.24, 2.45) is 0 Å². The Kier molecular flexibility index (Phi) is 5.92. The van der Waals surface area contributed by atoms with Crippen molar-refractivity contribution in [3.8, 4) is 0 Å². The Morgan fingerprint density at radius 3 is 1.23 bits per heavy atom. The molecule has 4 atom stereocenters. The zero-order valence-electron chi connectivity index (χ0n) is 6.03. The summed E-state index contributed by atoms with van der Waals surface area (Å²) < 4.78 is -0.146. The van der Waals surface area contributed by atoms with E-state index in [1.165, 1.54) is 0 Å². The Morgan fingerprint density at radius 1 is 0.615 bits per heavy atom. The van der Waals surface area contributed by atoms with Crippen molar-refractivity contribution in [3.05, 3.63) is 0 Å². The summed E-state index contributed by atoms with van der Waals surface area (Å²) in [6, 6.07) is 0. The maximum atomic E-state index is 3.67. The number of hydrogen-bond acceptors (Lipinski definition) is 0. The number of halogens is 7. The second-order valence-corrected chi connectivity index (χ2v) is 11.6. The molecule has 0 amide bonds. The van der Waals surface area contributed by atoms with E-state index in [1.807, 2.05) is 0 Å². The summed E-state index contributed by atoms with van der Waals surface area (Å²) in [5.41, 5.74) is 0. The molecule has 78 valence electrons. The molecular weight excluding hydrogens is 631 g/mol. The topological polar surface area (TPSA) is 0 Å². The molecular formula is C6H5Br7. The molecule has 4 unspecified atom stereocenters. The summed E-state index contributed by atoms with van der Waals surface area (Å²) >= 11 is 25.6. The first-order valence-corrected chi connectivity index (χ1v) is 9.54. The first kappa shape index (κ1) is 14.4. The second kappa shape index (κ2) is 5.34. The zero-order valence-corrected chi connectivity index (χ0v) is 17.1. The largest absolute Gasteiger partial charge is 0.108 e. The molecule has 1 rings (SSSR count). The Bertz CT molecular complexity index is 175. The van der Waals surface area contributed by atoms with Crippen LogP contribution in [0.15, 0.2) is 0 Å². The van der Waals surface area contributed by atoms with Gasteiger partial charge in [-0.2, -0.15) is 0 Å². The monoisotopic (exact) mass is 629 g/mol. The lowest BCUT2D eigenvalue weighted by atomic mass is 10.00. The fraction of sp³-hybridized carbons (Fsp3) is 1.00. The summed E-state index contributed by atoms with van der Waals surface area (Å²) in [5, 5.41) is 0. The fourth-order valence-corrected chi connectivity index (χ4v) is 8.55. The SMILES string of the molecule is BrC1C(Br)C(Br)C(Br)(Br)C(Br)C1Br. The molecule has 1 aliphatic carbocycles. The Morgan fingerprint density at radius 2 is 0.923 bits per heavy atom. The third-order valence-corrected chi connectivity index (χ3v) is 15.1. The minimum absolute atomic E-state index is 0.146. The molecule has 0 nitrogen and oxygen atoms in total. The summed E-state index contributed by atoms with van der Waals surface area (Å²) in [5.74, 6) is 0. The molecule has 1 saturated carbocycles. The van der Waals surface area contributed by atoms with Gasteiger partial charge in [-0.3, -0.25) is 0 Å². The van der Waals surface area contributed by atoms with Gasteiger partial charge < -0.3 is 0 Å². The van der Waals surface area contributed by atoms with Crippen molar-refractivity contribution >= 4 is 112 Å². The molecule has 0 radical (unpaired) electrons. The van der Waals surface area contributed by atoms with Gasteiger partial charge in [-0.15, -0.1) is 0 Å². The van der Waals surface area contributed by atoms with Crippen molar-refractivity contribution in [1.82, 2.24) is 0 Å². The normalized spacial score (nSPS) is 50.5. The lowest BCUT2D eigenvalue weighted by molar-refractivity contribution is 0.591. The minimum atomic E-state index is -0.146. The molecule has 1 fully saturated rings. The van der Waals surface area contributed by atoms with Gasteiger partial charge >= 0.3 is 0 Å². The van der Waals surface area contributed by atoms with E-state index in [0.29, 0.717) is 24.1 Å². The van der Waals surface area contributed by atoms with E-state index in [0.717, 1.165) is 0 Å². The zero-order chi connectivity index (χ0) is 10.4. The van der Waals surface area contributed by atoms with Gasteiger partial charge in [-0.1, -0.05) is 112 Å². The highest BCUT2D eigenvalue weighted by Gasteiger charge is 2.53. The standard InChI is InChI=1S/C6H5Br7/c7-1-2(8)4(10)6(12,13)5(11)3(1)9/h1-5H. The van der Waals surface area contributed by atoms with Crippen LogP contribution in [0.5, 0.6) is 0 Å². The Hall–Kier alpha value is 3.36. The van der Waals surface area contributed by atoms with Crippen molar-refractivity contribution in [2.45, 2.75) is 27.4 Å². The molecule has 0 bridgehead atoms. The van der Waals surface area contributed by atoms with Crippen LogP contribution in [0.3, 0.4) is 0 Å². The molecule has 0 N–H and O–H groups in total. The predicted octanol–water partition coefficient (Wildman–Crippen LogP) is 5.30. The predicted molar refractivity (Wildman–Crippen MR) is 84.2 cm³/mol. The van der Waals surface area contributed by atoms with Crippen molar-refractivity contribution < 1.29 is 0 Å². The van der Waals surface area contributed by atoms with Gasteiger partial charge in [-0.05, 0) is 0 Å². The maximum Gasteiger partial charge on any atom is 0.108 e. The van der Waals surface area contributed by atoms with Gasteiger partial charge in [-0.25, -0.2) is 0 Å². The van der Waals surface area contributed by atoms with Crippen LogP contribution in [-0.4, -0.2) is 27.4 Å². The van der Waals surface area contributed by atoms with Crippen molar-refractivity contribution in [2.75, 3.05) is 0 Å². The molecule has 0 heterocycles. The van der Waals surface area contributed by atoms with E-state index in [1.54, 1.807) is 0 Å². The van der Waals surface area contributed by atoms with Crippen molar-refractivity contribution in [1.29, 1.82) is 0 Å².